The molecule has 2 unspecified atom stereocenters. The van der Waals surface area contributed by atoms with Gasteiger partial charge in [0.25, 0.3) is 0 Å². The zero-order chi connectivity index (χ0) is 76.2. The SMILES string of the molecule is CCCCCCCCCCCCCCCCCCCCCCCCC(=O)O[C@H](COC(=O)CCCCCCCCCCCCCCCCCCCCCCC)COP(=O)(O)OC[C@@H](O)COP(=O)(O)OC[C@@H](COC(=O)CCCCCCCCC)OC(=O)CCCCCCCCCCCCCC(C)C. The molecule has 104 heavy (non-hydrogen) atoms. The van der Waals surface area contributed by atoms with Gasteiger partial charge in [0.05, 0.1) is 26.4 Å². The summed E-state index contributed by atoms with van der Waals surface area (Å²) in [4.78, 5) is 73.0. The number of carbonyl (C=O) groups is 4. The maximum atomic E-state index is 13.1. The highest BCUT2D eigenvalue weighted by Gasteiger charge is 2.30. The van der Waals surface area contributed by atoms with Gasteiger partial charge in [0.15, 0.2) is 12.2 Å². The normalized spacial score (nSPS) is 13.8. The van der Waals surface area contributed by atoms with E-state index < -0.39 is 97.5 Å². The Morgan fingerprint density at radius 2 is 0.442 bits per heavy atom. The Balaban J connectivity index is 5.15. The van der Waals surface area contributed by atoms with Crippen LogP contribution in [0.1, 0.15) is 458 Å². The summed E-state index contributed by atoms with van der Waals surface area (Å²) in [6, 6.07) is 0. The van der Waals surface area contributed by atoms with Gasteiger partial charge >= 0.3 is 39.5 Å². The van der Waals surface area contributed by atoms with Crippen molar-refractivity contribution in [2.75, 3.05) is 39.6 Å². The summed E-state index contributed by atoms with van der Waals surface area (Å²) in [5.41, 5.74) is 0. The third kappa shape index (κ3) is 78.2. The number of phosphoric acid groups is 2. The highest BCUT2D eigenvalue weighted by Crippen LogP contribution is 2.45. The summed E-state index contributed by atoms with van der Waals surface area (Å²) < 4.78 is 68.7. The van der Waals surface area contributed by atoms with Crippen molar-refractivity contribution < 1.29 is 80.2 Å². The summed E-state index contributed by atoms with van der Waals surface area (Å²) in [6.45, 7) is 7.30. The van der Waals surface area contributed by atoms with Crippen LogP contribution in [0.15, 0.2) is 0 Å². The molecule has 0 amide bonds. The zero-order valence-electron chi connectivity index (χ0n) is 68.2. The van der Waals surface area contributed by atoms with Crippen molar-refractivity contribution in [3.63, 3.8) is 0 Å². The van der Waals surface area contributed by atoms with Crippen molar-refractivity contribution in [2.45, 2.75) is 477 Å². The molecule has 0 fully saturated rings. The first-order chi connectivity index (χ1) is 50.5. The van der Waals surface area contributed by atoms with Crippen LogP contribution in [-0.4, -0.2) is 96.7 Å². The lowest BCUT2D eigenvalue weighted by atomic mass is 10.0. The number of aliphatic hydroxyl groups is 1. The fourth-order valence-electron chi connectivity index (χ4n) is 13.3. The second-order valence-electron chi connectivity index (χ2n) is 31.1. The predicted molar refractivity (Wildman–Crippen MR) is 428 cm³/mol. The number of rotatable bonds is 85. The van der Waals surface area contributed by atoms with Crippen LogP contribution in [-0.2, 0) is 65.4 Å². The Morgan fingerprint density at radius 3 is 0.654 bits per heavy atom. The van der Waals surface area contributed by atoms with E-state index in [2.05, 4.69) is 34.6 Å². The van der Waals surface area contributed by atoms with Gasteiger partial charge in [-0.3, -0.25) is 37.3 Å². The molecule has 0 saturated carbocycles. The minimum Gasteiger partial charge on any atom is -0.462 e. The molecule has 0 aliphatic rings. The van der Waals surface area contributed by atoms with E-state index in [-0.39, 0.29) is 25.7 Å². The van der Waals surface area contributed by atoms with Crippen LogP contribution in [0.5, 0.6) is 0 Å². The Kier molecular flexibility index (Phi) is 76.3. The monoisotopic (exact) mass is 1520 g/mol. The van der Waals surface area contributed by atoms with E-state index in [1.54, 1.807) is 0 Å². The smallest absolute Gasteiger partial charge is 0.462 e. The summed E-state index contributed by atoms with van der Waals surface area (Å²) in [7, 11) is -9.92. The van der Waals surface area contributed by atoms with Crippen LogP contribution in [0.3, 0.4) is 0 Å². The largest absolute Gasteiger partial charge is 0.472 e. The molecule has 0 aromatic rings. The topological polar surface area (TPSA) is 237 Å². The lowest BCUT2D eigenvalue weighted by Gasteiger charge is -2.21. The summed E-state index contributed by atoms with van der Waals surface area (Å²) in [5.74, 6) is -1.34. The molecule has 0 spiro atoms. The van der Waals surface area contributed by atoms with Crippen LogP contribution >= 0.6 is 15.6 Å². The van der Waals surface area contributed by atoms with Crippen molar-refractivity contribution in [1.29, 1.82) is 0 Å². The molecule has 0 aliphatic heterocycles. The van der Waals surface area contributed by atoms with Gasteiger partial charge in [-0.25, -0.2) is 9.13 Å². The fourth-order valence-corrected chi connectivity index (χ4v) is 14.9. The van der Waals surface area contributed by atoms with Gasteiger partial charge in [-0.2, -0.15) is 0 Å². The quantitative estimate of drug-likeness (QED) is 0.0222. The molecule has 0 aliphatic carbocycles. The molecule has 19 heteroatoms. The highest BCUT2D eigenvalue weighted by atomic mass is 31.2. The number of ether oxygens (including phenoxy) is 4. The van der Waals surface area contributed by atoms with E-state index in [0.29, 0.717) is 25.7 Å². The third-order valence-electron chi connectivity index (χ3n) is 20.0. The Bertz CT molecular complexity index is 1980. The minimum absolute atomic E-state index is 0.107. The lowest BCUT2D eigenvalue weighted by Crippen LogP contribution is -2.30. The lowest BCUT2D eigenvalue weighted by molar-refractivity contribution is -0.161. The molecule has 0 aromatic heterocycles. The van der Waals surface area contributed by atoms with Crippen molar-refractivity contribution in [3.05, 3.63) is 0 Å². The standard InChI is InChI=1S/C85H166O17P2/c1-6-9-12-15-18-20-22-24-26-28-30-32-34-36-38-40-42-46-50-55-60-65-70-84(89)102-81(75-96-83(88)69-64-59-54-49-45-41-39-37-35-33-31-29-27-25-23-21-19-16-13-10-7-2)77-100-104(93,94)98-73-79(86)72-97-103(91,92)99-76-80(74-95-82(87)68-63-58-52-17-14-11-8-3)101-85(90)71-66-61-56-51-47-43-44-48-53-57-62-67-78(4)5/h78-81,86H,6-77H2,1-5H3,(H,91,92)(H,93,94)/t79-,80+,81+/m0/s1. The number of esters is 4. The van der Waals surface area contributed by atoms with Gasteiger partial charge in [-0.05, 0) is 31.6 Å². The number of hydrogen-bond acceptors (Lipinski definition) is 15. The fraction of sp³-hybridized carbons (Fsp3) is 0.953. The molecule has 3 N–H and O–H groups in total. The minimum atomic E-state index is -4.96. The van der Waals surface area contributed by atoms with E-state index >= 15 is 0 Å². The Labute approximate surface area is 638 Å². The van der Waals surface area contributed by atoms with E-state index in [1.807, 2.05) is 0 Å². The first-order valence-electron chi connectivity index (χ1n) is 44.1. The number of unbranched alkanes of at least 4 members (excludes halogenated alkanes) is 57. The Morgan fingerprint density at radius 1 is 0.260 bits per heavy atom. The summed E-state index contributed by atoms with van der Waals surface area (Å²) >= 11 is 0. The number of carbonyl (C=O) groups excluding carboxylic acids is 4. The van der Waals surface area contributed by atoms with Crippen LogP contribution in [0.2, 0.25) is 0 Å². The molecule has 5 atom stereocenters. The summed E-state index contributed by atoms with van der Waals surface area (Å²) in [6.07, 6.45) is 71.2. The maximum absolute atomic E-state index is 13.1. The molecular weight excluding hydrogens is 1350 g/mol. The maximum Gasteiger partial charge on any atom is 0.472 e. The second-order valence-corrected chi connectivity index (χ2v) is 34.0. The molecule has 0 aromatic carbocycles. The van der Waals surface area contributed by atoms with E-state index in [9.17, 15) is 43.2 Å². The van der Waals surface area contributed by atoms with Crippen LogP contribution in [0.25, 0.3) is 0 Å². The molecule has 0 radical (unpaired) electrons. The van der Waals surface area contributed by atoms with Gasteiger partial charge in [0.1, 0.15) is 19.3 Å². The molecule has 0 saturated heterocycles. The molecule has 0 heterocycles. The first-order valence-corrected chi connectivity index (χ1v) is 47.1. The van der Waals surface area contributed by atoms with Crippen LogP contribution in [0.4, 0.5) is 0 Å². The average Bonchev–Trinajstić information content (AvgIpc) is 0.944. The summed E-state index contributed by atoms with van der Waals surface area (Å²) in [5, 5.41) is 10.6. The van der Waals surface area contributed by atoms with Gasteiger partial charge in [-0.15, -0.1) is 0 Å². The Hall–Kier alpha value is -1.94. The van der Waals surface area contributed by atoms with E-state index in [0.717, 1.165) is 109 Å². The molecule has 0 bridgehead atoms. The molecule has 17 nitrogen and oxygen atoms in total. The molecule has 0 rings (SSSR count). The van der Waals surface area contributed by atoms with Crippen molar-refractivity contribution in [3.8, 4) is 0 Å². The number of aliphatic hydroxyl groups excluding tert-OH is 1. The van der Waals surface area contributed by atoms with Crippen LogP contribution in [0, 0.1) is 5.92 Å². The number of hydrogen-bond donors (Lipinski definition) is 3. The van der Waals surface area contributed by atoms with Gasteiger partial charge in [0, 0.05) is 25.7 Å². The second kappa shape index (κ2) is 77.8. The van der Waals surface area contributed by atoms with Crippen molar-refractivity contribution >= 4 is 39.5 Å². The van der Waals surface area contributed by atoms with Crippen molar-refractivity contribution in [2.24, 2.45) is 5.92 Å². The predicted octanol–water partition coefficient (Wildman–Crippen LogP) is 26.0. The average molecular weight is 1520 g/mol. The molecule has 618 valence electrons. The molecular formula is C85H166O17P2. The highest BCUT2D eigenvalue weighted by molar-refractivity contribution is 7.47. The third-order valence-corrected chi connectivity index (χ3v) is 21.9. The van der Waals surface area contributed by atoms with E-state index in [1.165, 1.54) is 270 Å². The van der Waals surface area contributed by atoms with Gasteiger partial charge in [-0.1, -0.05) is 407 Å². The van der Waals surface area contributed by atoms with Gasteiger partial charge < -0.3 is 33.8 Å². The van der Waals surface area contributed by atoms with E-state index in [4.69, 9.17) is 37.0 Å². The first kappa shape index (κ1) is 102. The van der Waals surface area contributed by atoms with Crippen molar-refractivity contribution in [1.82, 2.24) is 0 Å². The zero-order valence-corrected chi connectivity index (χ0v) is 70.0. The van der Waals surface area contributed by atoms with Crippen LogP contribution < -0.4 is 0 Å². The van der Waals surface area contributed by atoms with Gasteiger partial charge in [0.2, 0.25) is 0 Å². The number of phosphoric ester groups is 2.